The normalized spacial score (nSPS) is 21.3. The van der Waals surface area contributed by atoms with Crippen LogP contribution in [-0.2, 0) is 22.4 Å². The van der Waals surface area contributed by atoms with Crippen LogP contribution in [0.3, 0.4) is 0 Å². The summed E-state index contributed by atoms with van der Waals surface area (Å²) >= 11 is 6.38. The average Bonchev–Trinajstić information content (AvgIpc) is 3.00. The number of hydrogen-bond acceptors (Lipinski definition) is 3. The summed E-state index contributed by atoms with van der Waals surface area (Å²) in [5, 5.41) is 0.798. The van der Waals surface area contributed by atoms with Gasteiger partial charge >= 0.3 is 0 Å². The van der Waals surface area contributed by atoms with E-state index in [1.54, 1.807) is 6.92 Å². The standard InChI is InChI=1S/C29H36ClN3O2/c1-19-15-24-4-3-23-17-25(30)5-6-26(23)28(29(24)31-18-19)22-9-13-33(14-10-22)27(35)16-21-7-11-32(12-8-21)20(2)34/h5-6,15,17-18,21-22,28H,3-4,7-14,16H2,1-2H3. The van der Waals surface area contributed by atoms with E-state index in [0.29, 0.717) is 18.3 Å². The van der Waals surface area contributed by atoms with Crippen LogP contribution >= 0.6 is 11.6 Å². The molecule has 186 valence electrons. The summed E-state index contributed by atoms with van der Waals surface area (Å²) in [6, 6.07) is 8.67. The molecule has 5 rings (SSSR count). The number of carbonyl (C=O) groups is 2. The summed E-state index contributed by atoms with van der Waals surface area (Å²) in [5.41, 5.74) is 6.50. The fourth-order valence-electron chi connectivity index (χ4n) is 6.42. The third-order valence-electron chi connectivity index (χ3n) is 8.42. The Morgan fingerprint density at radius 3 is 2.37 bits per heavy atom. The Kier molecular flexibility index (Phi) is 7.15. The van der Waals surface area contributed by atoms with Crippen LogP contribution in [0, 0.1) is 18.8 Å². The second-order valence-electron chi connectivity index (χ2n) is 10.7. The molecule has 3 heterocycles. The van der Waals surface area contributed by atoms with Gasteiger partial charge < -0.3 is 9.80 Å². The molecule has 2 amide bonds. The Balaban J connectivity index is 1.28. The van der Waals surface area contributed by atoms with Crippen LogP contribution < -0.4 is 0 Å². The van der Waals surface area contributed by atoms with Crippen LogP contribution in [0.25, 0.3) is 0 Å². The van der Waals surface area contributed by atoms with Crippen LogP contribution in [0.4, 0.5) is 0 Å². The fraction of sp³-hybridized carbons (Fsp3) is 0.552. The molecular formula is C29H36ClN3O2. The molecule has 3 aliphatic rings. The molecule has 1 aromatic heterocycles. The highest BCUT2D eigenvalue weighted by molar-refractivity contribution is 6.30. The molecule has 1 unspecified atom stereocenters. The summed E-state index contributed by atoms with van der Waals surface area (Å²) < 4.78 is 0. The van der Waals surface area contributed by atoms with Gasteiger partial charge in [0, 0.05) is 56.7 Å². The number of aryl methyl sites for hydroxylation is 3. The lowest BCUT2D eigenvalue weighted by Gasteiger charge is -2.38. The number of nitrogens with zero attached hydrogens (tertiary/aromatic N) is 3. The fourth-order valence-corrected chi connectivity index (χ4v) is 6.61. The van der Waals surface area contributed by atoms with Crippen LogP contribution in [0.15, 0.2) is 30.5 Å². The van der Waals surface area contributed by atoms with E-state index >= 15 is 0 Å². The van der Waals surface area contributed by atoms with E-state index in [1.807, 2.05) is 17.2 Å². The molecule has 0 radical (unpaired) electrons. The largest absolute Gasteiger partial charge is 0.343 e. The molecule has 0 spiro atoms. The molecule has 0 saturated carbocycles. The Morgan fingerprint density at radius 2 is 1.66 bits per heavy atom. The molecule has 1 atom stereocenters. The van der Waals surface area contributed by atoms with Gasteiger partial charge in [-0.15, -0.1) is 0 Å². The van der Waals surface area contributed by atoms with E-state index in [-0.39, 0.29) is 17.7 Å². The summed E-state index contributed by atoms with van der Waals surface area (Å²) in [6.45, 7) is 6.95. The van der Waals surface area contributed by atoms with Gasteiger partial charge in [0.25, 0.3) is 0 Å². The van der Waals surface area contributed by atoms with E-state index in [4.69, 9.17) is 16.6 Å². The van der Waals surface area contributed by atoms with Gasteiger partial charge in [-0.3, -0.25) is 14.6 Å². The zero-order chi connectivity index (χ0) is 24.5. The Hall–Kier alpha value is -2.40. The highest BCUT2D eigenvalue weighted by Crippen LogP contribution is 2.43. The number of likely N-dealkylation sites (tertiary alicyclic amines) is 2. The van der Waals surface area contributed by atoms with Crippen molar-refractivity contribution >= 4 is 23.4 Å². The highest BCUT2D eigenvalue weighted by Gasteiger charge is 2.35. The first kappa shape index (κ1) is 24.3. The first-order valence-electron chi connectivity index (χ1n) is 13.2. The van der Waals surface area contributed by atoms with Gasteiger partial charge in [-0.1, -0.05) is 23.7 Å². The summed E-state index contributed by atoms with van der Waals surface area (Å²) in [4.78, 5) is 33.6. The Morgan fingerprint density at radius 1 is 0.971 bits per heavy atom. The minimum atomic E-state index is 0.144. The maximum absolute atomic E-state index is 13.1. The summed E-state index contributed by atoms with van der Waals surface area (Å²) in [7, 11) is 0. The van der Waals surface area contributed by atoms with E-state index in [1.165, 1.54) is 27.9 Å². The van der Waals surface area contributed by atoms with Gasteiger partial charge in [0.15, 0.2) is 0 Å². The van der Waals surface area contributed by atoms with Gasteiger partial charge in [-0.05, 0) is 91.7 Å². The monoisotopic (exact) mass is 493 g/mol. The summed E-state index contributed by atoms with van der Waals surface area (Å²) in [5.74, 6) is 1.55. The number of carbonyl (C=O) groups excluding carboxylic acids is 2. The van der Waals surface area contributed by atoms with Crippen molar-refractivity contribution in [2.24, 2.45) is 11.8 Å². The number of halogens is 1. The molecule has 35 heavy (non-hydrogen) atoms. The molecule has 6 heteroatoms. The zero-order valence-electron chi connectivity index (χ0n) is 20.9. The number of hydrogen-bond donors (Lipinski definition) is 0. The number of pyridine rings is 1. The molecule has 0 bridgehead atoms. The molecule has 5 nitrogen and oxygen atoms in total. The van der Waals surface area contributed by atoms with E-state index < -0.39 is 0 Å². The predicted molar refractivity (Wildman–Crippen MR) is 139 cm³/mol. The average molecular weight is 494 g/mol. The predicted octanol–water partition coefficient (Wildman–Crippen LogP) is 5.16. The first-order chi connectivity index (χ1) is 16.9. The van der Waals surface area contributed by atoms with Gasteiger partial charge in [0.05, 0.1) is 5.69 Å². The molecule has 2 fully saturated rings. The van der Waals surface area contributed by atoms with Crippen molar-refractivity contribution in [1.82, 2.24) is 14.8 Å². The van der Waals surface area contributed by atoms with Crippen LogP contribution in [0.2, 0.25) is 5.02 Å². The molecule has 2 aliphatic heterocycles. The smallest absolute Gasteiger partial charge is 0.222 e. The van der Waals surface area contributed by atoms with Gasteiger partial charge in [-0.25, -0.2) is 0 Å². The SMILES string of the molecule is CC(=O)N1CCC(CC(=O)N2CCC(C3c4ccc(Cl)cc4CCc4cc(C)cnc43)CC2)CC1. The van der Waals surface area contributed by atoms with Crippen LogP contribution in [-0.4, -0.2) is 52.8 Å². The highest BCUT2D eigenvalue weighted by atomic mass is 35.5. The van der Waals surface area contributed by atoms with Crippen molar-refractivity contribution in [2.45, 2.75) is 64.7 Å². The number of amides is 2. The van der Waals surface area contributed by atoms with E-state index in [0.717, 1.165) is 69.7 Å². The lowest BCUT2D eigenvalue weighted by Crippen LogP contribution is -2.42. The van der Waals surface area contributed by atoms with Gasteiger partial charge in [0.2, 0.25) is 11.8 Å². The van der Waals surface area contributed by atoms with Crippen LogP contribution in [0.1, 0.15) is 72.9 Å². The van der Waals surface area contributed by atoms with Crippen molar-refractivity contribution in [3.8, 4) is 0 Å². The van der Waals surface area contributed by atoms with Crippen molar-refractivity contribution in [2.75, 3.05) is 26.2 Å². The molecule has 1 aromatic carbocycles. The third-order valence-corrected chi connectivity index (χ3v) is 8.66. The molecule has 1 aliphatic carbocycles. The van der Waals surface area contributed by atoms with Crippen molar-refractivity contribution in [3.05, 3.63) is 63.4 Å². The maximum atomic E-state index is 13.1. The molecule has 2 aromatic rings. The maximum Gasteiger partial charge on any atom is 0.222 e. The topological polar surface area (TPSA) is 53.5 Å². The van der Waals surface area contributed by atoms with Crippen molar-refractivity contribution in [3.63, 3.8) is 0 Å². The number of piperidine rings is 2. The lowest BCUT2D eigenvalue weighted by atomic mass is 9.76. The second-order valence-corrected chi connectivity index (χ2v) is 11.2. The first-order valence-corrected chi connectivity index (χ1v) is 13.5. The third kappa shape index (κ3) is 5.25. The van der Waals surface area contributed by atoms with Crippen molar-refractivity contribution in [1.29, 1.82) is 0 Å². The minimum Gasteiger partial charge on any atom is -0.343 e. The minimum absolute atomic E-state index is 0.144. The number of rotatable bonds is 3. The van der Waals surface area contributed by atoms with Gasteiger partial charge in [-0.2, -0.15) is 0 Å². The second kappa shape index (κ2) is 10.3. The van der Waals surface area contributed by atoms with E-state index in [2.05, 4.69) is 30.0 Å². The number of aromatic nitrogens is 1. The Labute approximate surface area is 213 Å². The van der Waals surface area contributed by atoms with Crippen molar-refractivity contribution < 1.29 is 9.59 Å². The lowest BCUT2D eigenvalue weighted by molar-refractivity contribution is -0.134. The quantitative estimate of drug-likeness (QED) is 0.593. The Bertz CT molecular complexity index is 1050. The molecule has 0 N–H and O–H groups in total. The van der Waals surface area contributed by atoms with Gasteiger partial charge in [0.1, 0.15) is 0 Å². The zero-order valence-corrected chi connectivity index (χ0v) is 21.7. The number of fused-ring (bicyclic) bond motifs is 2. The van der Waals surface area contributed by atoms with Crippen LogP contribution in [0.5, 0.6) is 0 Å². The molecular weight excluding hydrogens is 458 g/mol. The van der Waals surface area contributed by atoms with E-state index in [9.17, 15) is 9.59 Å². The summed E-state index contributed by atoms with van der Waals surface area (Å²) in [6.07, 6.45) is 8.47. The molecule has 2 saturated heterocycles. The number of benzene rings is 1.